The van der Waals surface area contributed by atoms with Gasteiger partial charge in [0.15, 0.2) is 17.8 Å². The summed E-state index contributed by atoms with van der Waals surface area (Å²) in [6.45, 7) is 10.1. The quantitative estimate of drug-likeness (QED) is 0.327. The molecule has 4 nitrogen and oxygen atoms in total. The second-order valence-corrected chi connectivity index (χ2v) is 5.66. The molecule has 2 aromatic rings. The van der Waals surface area contributed by atoms with Crippen LogP contribution in [0.5, 0.6) is 17.2 Å². The molecule has 0 saturated carbocycles. The summed E-state index contributed by atoms with van der Waals surface area (Å²) >= 11 is 0. The molecule has 0 bridgehead atoms. The molecule has 4 heteroatoms. The van der Waals surface area contributed by atoms with Gasteiger partial charge in [-0.15, -0.1) is 6.58 Å². The van der Waals surface area contributed by atoms with Gasteiger partial charge in [-0.2, -0.15) is 0 Å². The van der Waals surface area contributed by atoms with E-state index in [1.165, 1.54) is 0 Å². The van der Waals surface area contributed by atoms with Crippen molar-refractivity contribution in [2.24, 2.45) is 0 Å². The molecule has 2 rings (SSSR count). The molecule has 0 fully saturated rings. The third kappa shape index (κ3) is 5.97. The van der Waals surface area contributed by atoms with Gasteiger partial charge in [-0.1, -0.05) is 36.9 Å². The van der Waals surface area contributed by atoms with Crippen LogP contribution in [0, 0.1) is 0 Å². The summed E-state index contributed by atoms with van der Waals surface area (Å²) in [6.07, 6.45) is 4.07. The van der Waals surface area contributed by atoms with Gasteiger partial charge in [-0.3, -0.25) is 0 Å². The monoisotopic (exact) mass is 354 g/mol. The third-order valence-corrected chi connectivity index (χ3v) is 3.72. The number of allylic oxidation sites excluding steroid dienone is 1. The summed E-state index contributed by atoms with van der Waals surface area (Å²) in [6, 6.07) is 13.5. The number of ether oxygens (including phenoxy) is 4. The lowest BCUT2D eigenvalue weighted by Gasteiger charge is -2.16. The normalized spacial score (nSPS) is 11.5. The number of benzene rings is 2. The van der Waals surface area contributed by atoms with Gasteiger partial charge in [0, 0.05) is 0 Å². The molecule has 0 radical (unpaired) electrons. The highest BCUT2D eigenvalue weighted by atomic mass is 16.7. The van der Waals surface area contributed by atoms with Crippen molar-refractivity contribution in [1.29, 1.82) is 0 Å². The van der Waals surface area contributed by atoms with Crippen molar-refractivity contribution in [3.05, 3.63) is 72.8 Å². The predicted octanol–water partition coefficient (Wildman–Crippen LogP) is 4.89. The van der Waals surface area contributed by atoms with Gasteiger partial charge >= 0.3 is 0 Å². The van der Waals surface area contributed by atoms with Gasteiger partial charge in [0.2, 0.25) is 0 Å². The van der Waals surface area contributed by atoms with Crippen LogP contribution in [0.1, 0.15) is 18.1 Å². The van der Waals surface area contributed by atoms with E-state index >= 15 is 0 Å². The summed E-state index contributed by atoms with van der Waals surface area (Å²) in [5, 5.41) is 0. The van der Waals surface area contributed by atoms with E-state index in [4.69, 9.17) is 18.9 Å². The molecule has 0 aliphatic rings. The summed E-state index contributed by atoms with van der Waals surface area (Å²) in [5.41, 5.74) is 2.18. The smallest absolute Gasteiger partial charge is 0.197 e. The molecular formula is C22H26O4. The first-order valence-electron chi connectivity index (χ1n) is 8.57. The average Bonchev–Trinajstić information content (AvgIpc) is 2.66. The van der Waals surface area contributed by atoms with E-state index in [-0.39, 0.29) is 6.29 Å². The van der Waals surface area contributed by atoms with Gasteiger partial charge in [-0.05, 0) is 48.7 Å². The highest BCUT2D eigenvalue weighted by molar-refractivity contribution is 5.48. The first-order valence-corrected chi connectivity index (χ1v) is 8.57. The summed E-state index contributed by atoms with van der Waals surface area (Å²) in [5.74, 6) is 2.15. The van der Waals surface area contributed by atoms with Crippen molar-refractivity contribution < 1.29 is 18.9 Å². The van der Waals surface area contributed by atoms with Gasteiger partial charge in [0.1, 0.15) is 12.4 Å². The lowest BCUT2D eigenvalue weighted by Crippen LogP contribution is -2.20. The van der Waals surface area contributed by atoms with E-state index in [2.05, 4.69) is 13.2 Å². The third-order valence-electron chi connectivity index (χ3n) is 3.72. The van der Waals surface area contributed by atoms with Gasteiger partial charge in [0.25, 0.3) is 0 Å². The molecule has 26 heavy (non-hydrogen) atoms. The van der Waals surface area contributed by atoms with E-state index in [0.717, 1.165) is 23.3 Å². The molecule has 0 aliphatic heterocycles. The van der Waals surface area contributed by atoms with E-state index in [0.29, 0.717) is 24.7 Å². The first-order chi connectivity index (χ1) is 12.7. The van der Waals surface area contributed by atoms with Crippen molar-refractivity contribution in [2.75, 3.05) is 20.3 Å². The second-order valence-electron chi connectivity index (χ2n) is 5.66. The lowest BCUT2D eigenvalue weighted by molar-refractivity contribution is -0.0740. The van der Waals surface area contributed by atoms with E-state index in [1.54, 1.807) is 13.2 Å². The lowest BCUT2D eigenvalue weighted by atomic mass is 10.1. The Balaban J connectivity index is 1.76. The topological polar surface area (TPSA) is 36.9 Å². The van der Waals surface area contributed by atoms with Crippen molar-refractivity contribution in [3.8, 4) is 17.2 Å². The Morgan fingerprint density at radius 3 is 2.42 bits per heavy atom. The zero-order valence-electron chi connectivity index (χ0n) is 15.4. The molecule has 0 spiro atoms. The minimum atomic E-state index is -0.370. The fourth-order valence-corrected chi connectivity index (χ4v) is 2.40. The molecule has 0 N–H and O–H groups in total. The molecule has 0 saturated heterocycles. The van der Waals surface area contributed by atoms with Crippen LogP contribution in [0.15, 0.2) is 61.7 Å². The Labute approximate surface area is 155 Å². The zero-order chi connectivity index (χ0) is 18.8. The summed E-state index contributed by atoms with van der Waals surface area (Å²) in [7, 11) is 1.63. The minimum absolute atomic E-state index is 0.370. The van der Waals surface area contributed by atoms with Crippen LogP contribution in [-0.4, -0.2) is 26.6 Å². The second kappa shape index (κ2) is 10.3. The zero-order valence-corrected chi connectivity index (χ0v) is 15.4. The summed E-state index contributed by atoms with van der Waals surface area (Å²) < 4.78 is 22.5. The molecule has 1 unspecified atom stereocenters. The van der Waals surface area contributed by atoms with Gasteiger partial charge < -0.3 is 18.9 Å². The first kappa shape index (κ1) is 19.6. The van der Waals surface area contributed by atoms with Crippen molar-refractivity contribution in [2.45, 2.75) is 19.6 Å². The van der Waals surface area contributed by atoms with Crippen LogP contribution in [0.3, 0.4) is 0 Å². The molecular weight excluding hydrogens is 328 g/mol. The molecule has 0 aromatic heterocycles. The van der Waals surface area contributed by atoms with Crippen LogP contribution < -0.4 is 14.2 Å². The highest BCUT2D eigenvalue weighted by Crippen LogP contribution is 2.28. The molecule has 0 aliphatic carbocycles. The van der Waals surface area contributed by atoms with Gasteiger partial charge in [0.05, 0.1) is 13.7 Å². The molecule has 1 atom stereocenters. The highest BCUT2D eigenvalue weighted by Gasteiger charge is 2.07. The van der Waals surface area contributed by atoms with Gasteiger partial charge in [-0.25, -0.2) is 0 Å². The molecule has 138 valence electrons. The SMILES string of the molecule is C=CCc1ccc(OCCOC(C)Oc2ccc(C=C)cc2)c(OC)c1. The van der Waals surface area contributed by atoms with Crippen LogP contribution in [0.4, 0.5) is 0 Å². The van der Waals surface area contributed by atoms with Crippen LogP contribution in [0.2, 0.25) is 0 Å². The van der Waals surface area contributed by atoms with Crippen LogP contribution >= 0.6 is 0 Å². The number of hydrogen-bond acceptors (Lipinski definition) is 4. The fraction of sp³-hybridized carbons (Fsp3) is 0.273. The Morgan fingerprint density at radius 1 is 1.00 bits per heavy atom. The predicted molar refractivity (Wildman–Crippen MR) is 105 cm³/mol. The van der Waals surface area contributed by atoms with E-state index < -0.39 is 0 Å². The molecule has 2 aromatic carbocycles. The molecule has 0 amide bonds. The van der Waals surface area contributed by atoms with Crippen molar-refractivity contribution in [1.82, 2.24) is 0 Å². The number of methoxy groups -OCH3 is 1. The maximum Gasteiger partial charge on any atom is 0.197 e. The van der Waals surface area contributed by atoms with E-state index in [9.17, 15) is 0 Å². The Hall–Kier alpha value is -2.72. The minimum Gasteiger partial charge on any atom is -0.493 e. The maximum atomic E-state index is 5.75. The Bertz CT molecular complexity index is 707. The van der Waals surface area contributed by atoms with Crippen LogP contribution in [0.25, 0.3) is 6.08 Å². The van der Waals surface area contributed by atoms with Crippen LogP contribution in [-0.2, 0) is 11.2 Å². The average molecular weight is 354 g/mol. The van der Waals surface area contributed by atoms with E-state index in [1.807, 2.05) is 55.5 Å². The number of rotatable bonds is 11. The van der Waals surface area contributed by atoms with Crippen molar-refractivity contribution in [3.63, 3.8) is 0 Å². The maximum absolute atomic E-state index is 5.75. The largest absolute Gasteiger partial charge is 0.493 e. The number of hydrogen-bond donors (Lipinski definition) is 0. The fourth-order valence-electron chi connectivity index (χ4n) is 2.40. The van der Waals surface area contributed by atoms with Crippen molar-refractivity contribution >= 4 is 6.08 Å². The molecule has 0 heterocycles. The Morgan fingerprint density at radius 2 is 1.77 bits per heavy atom. The standard InChI is InChI=1S/C22H26O4/c1-5-7-19-10-13-21(22(16-19)23-4)25-15-14-24-17(3)26-20-11-8-18(6-2)9-12-20/h5-6,8-13,16-17H,1-2,7,14-15H2,3-4H3. The Kier molecular flexibility index (Phi) is 7.77. The summed E-state index contributed by atoms with van der Waals surface area (Å²) in [4.78, 5) is 0.